The first-order chi connectivity index (χ1) is 10.7. The Labute approximate surface area is 129 Å². The van der Waals surface area contributed by atoms with E-state index >= 15 is 0 Å². The number of allylic oxidation sites excluding steroid dienone is 1. The summed E-state index contributed by atoms with van der Waals surface area (Å²) in [5, 5.41) is 20.4. The monoisotopic (exact) mass is 293 g/mol. The van der Waals surface area contributed by atoms with Crippen LogP contribution in [0.3, 0.4) is 0 Å². The fourth-order valence-electron chi connectivity index (χ4n) is 3.29. The Morgan fingerprint density at radius 3 is 2.77 bits per heavy atom. The maximum absolute atomic E-state index is 9.30. The van der Waals surface area contributed by atoms with Crippen molar-refractivity contribution in [3.63, 3.8) is 0 Å². The number of nitrogens with one attached hydrogen (secondary N) is 1. The lowest BCUT2D eigenvalue weighted by Crippen LogP contribution is -2.25. The molecule has 4 nitrogen and oxygen atoms in total. The van der Waals surface area contributed by atoms with Gasteiger partial charge in [0, 0.05) is 29.0 Å². The number of rotatable bonds is 3. The highest BCUT2D eigenvalue weighted by Crippen LogP contribution is 2.38. The van der Waals surface area contributed by atoms with Gasteiger partial charge >= 0.3 is 0 Å². The van der Waals surface area contributed by atoms with Crippen LogP contribution >= 0.6 is 0 Å². The summed E-state index contributed by atoms with van der Waals surface area (Å²) in [5.74, 6) is 0.369. The van der Waals surface area contributed by atoms with Gasteiger partial charge in [0.15, 0.2) is 0 Å². The summed E-state index contributed by atoms with van der Waals surface area (Å²) in [6.45, 7) is 2.24. The second-order valence-corrected chi connectivity index (χ2v) is 6.52. The van der Waals surface area contributed by atoms with Crippen LogP contribution in [0.5, 0.6) is 0 Å². The summed E-state index contributed by atoms with van der Waals surface area (Å²) in [4.78, 5) is 0. The van der Waals surface area contributed by atoms with Gasteiger partial charge in [-0.2, -0.15) is 5.10 Å². The van der Waals surface area contributed by atoms with Crippen molar-refractivity contribution >= 4 is 11.8 Å². The van der Waals surface area contributed by atoms with E-state index in [0.717, 1.165) is 41.9 Å². The predicted octanol–water partition coefficient (Wildman–Crippen LogP) is 3.53. The lowest BCUT2D eigenvalue weighted by atomic mass is 9.74. The van der Waals surface area contributed by atoms with Gasteiger partial charge < -0.3 is 5.21 Å². The third-order valence-electron chi connectivity index (χ3n) is 4.79. The molecule has 2 aliphatic rings. The minimum Gasteiger partial charge on any atom is -0.411 e. The smallest absolute Gasteiger partial charge is 0.117 e. The SMILES string of the molecule is CC1(c2ccccc2)C=Cc2c(/C(=N/O)C3CC3)n[nH]c2C1. The van der Waals surface area contributed by atoms with Crippen molar-refractivity contribution in [2.45, 2.75) is 31.6 Å². The van der Waals surface area contributed by atoms with E-state index in [9.17, 15) is 5.21 Å². The number of nitrogens with zero attached hydrogens (tertiary/aromatic N) is 2. The first-order valence-corrected chi connectivity index (χ1v) is 7.75. The van der Waals surface area contributed by atoms with E-state index in [0.29, 0.717) is 5.92 Å². The third-order valence-corrected chi connectivity index (χ3v) is 4.79. The lowest BCUT2D eigenvalue weighted by molar-refractivity contribution is 0.317. The molecule has 22 heavy (non-hydrogen) atoms. The zero-order valence-electron chi connectivity index (χ0n) is 12.6. The fourth-order valence-corrected chi connectivity index (χ4v) is 3.29. The van der Waals surface area contributed by atoms with Crippen LogP contribution in [0.2, 0.25) is 0 Å². The topological polar surface area (TPSA) is 61.3 Å². The summed E-state index contributed by atoms with van der Waals surface area (Å²) in [6.07, 6.45) is 7.42. The molecule has 2 aromatic rings. The van der Waals surface area contributed by atoms with Gasteiger partial charge in [0.05, 0.1) is 0 Å². The summed E-state index contributed by atoms with van der Waals surface area (Å²) in [6, 6.07) is 10.5. The average molecular weight is 293 g/mol. The predicted molar refractivity (Wildman–Crippen MR) is 86.2 cm³/mol. The lowest BCUT2D eigenvalue weighted by Gasteiger charge is -2.29. The number of oxime groups is 1. The molecule has 1 atom stereocenters. The molecular weight excluding hydrogens is 274 g/mol. The zero-order chi connectivity index (χ0) is 15.2. The third kappa shape index (κ3) is 2.06. The molecule has 1 heterocycles. The van der Waals surface area contributed by atoms with Crippen LogP contribution in [-0.2, 0) is 11.8 Å². The largest absolute Gasteiger partial charge is 0.411 e. The van der Waals surface area contributed by atoms with Crippen LogP contribution in [0, 0.1) is 5.92 Å². The van der Waals surface area contributed by atoms with Crippen molar-refractivity contribution < 1.29 is 5.21 Å². The minimum atomic E-state index is -0.0336. The highest BCUT2D eigenvalue weighted by Gasteiger charge is 2.35. The normalized spacial score (nSPS) is 24.3. The number of H-pyrrole nitrogens is 1. The van der Waals surface area contributed by atoms with E-state index < -0.39 is 0 Å². The molecule has 0 bridgehead atoms. The molecule has 0 radical (unpaired) electrons. The highest BCUT2D eigenvalue weighted by atomic mass is 16.4. The Bertz CT molecular complexity index is 756. The van der Waals surface area contributed by atoms with Gasteiger partial charge in [-0.25, -0.2) is 0 Å². The molecule has 1 aromatic carbocycles. The number of hydrogen-bond donors (Lipinski definition) is 2. The van der Waals surface area contributed by atoms with Crippen molar-refractivity contribution in [3.05, 3.63) is 58.9 Å². The molecule has 4 heteroatoms. The molecule has 0 saturated heterocycles. The molecule has 0 aliphatic heterocycles. The minimum absolute atomic E-state index is 0.0336. The van der Waals surface area contributed by atoms with Gasteiger partial charge in [0.25, 0.3) is 0 Å². The molecule has 4 rings (SSSR count). The van der Waals surface area contributed by atoms with Gasteiger partial charge in [-0.1, -0.05) is 54.6 Å². The molecular formula is C18H19N3O. The molecule has 1 unspecified atom stereocenters. The van der Waals surface area contributed by atoms with Crippen molar-refractivity contribution in [3.8, 4) is 0 Å². The molecule has 1 saturated carbocycles. The summed E-state index contributed by atoms with van der Waals surface area (Å²) >= 11 is 0. The van der Waals surface area contributed by atoms with Crippen LogP contribution in [0.1, 0.15) is 42.3 Å². The van der Waals surface area contributed by atoms with Crippen LogP contribution in [0.25, 0.3) is 6.08 Å². The Balaban J connectivity index is 1.71. The van der Waals surface area contributed by atoms with E-state index in [1.54, 1.807) is 0 Å². The van der Waals surface area contributed by atoms with Gasteiger partial charge in [-0.3, -0.25) is 5.10 Å². The van der Waals surface area contributed by atoms with Crippen molar-refractivity contribution in [1.82, 2.24) is 10.2 Å². The zero-order valence-corrected chi connectivity index (χ0v) is 12.6. The molecule has 2 aliphatic carbocycles. The van der Waals surface area contributed by atoms with Crippen LogP contribution in [0.15, 0.2) is 41.6 Å². The fraction of sp³-hybridized carbons (Fsp3) is 0.333. The van der Waals surface area contributed by atoms with E-state index in [4.69, 9.17) is 0 Å². The molecule has 1 aromatic heterocycles. The van der Waals surface area contributed by atoms with Gasteiger partial charge in [0.2, 0.25) is 0 Å². The summed E-state index contributed by atoms with van der Waals surface area (Å²) < 4.78 is 0. The summed E-state index contributed by atoms with van der Waals surface area (Å²) in [7, 11) is 0. The molecule has 2 N–H and O–H groups in total. The Morgan fingerprint density at radius 1 is 1.32 bits per heavy atom. The van der Waals surface area contributed by atoms with E-state index in [1.165, 1.54) is 5.56 Å². The van der Waals surface area contributed by atoms with E-state index in [-0.39, 0.29) is 5.41 Å². The van der Waals surface area contributed by atoms with Crippen LogP contribution in [-0.4, -0.2) is 21.1 Å². The molecule has 1 fully saturated rings. The first-order valence-electron chi connectivity index (χ1n) is 7.75. The van der Waals surface area contributed by atoms with Gasteiger partial charge in [0.1, 0.15) is 11.4 Å². The standard InChI is InChI=1S/C18H19N3O/c1-18(13-5-3-2-4-6-13)10-9-14-15(11-18)19-20-17(14)16(21-22)12-7-8-12/h2-6,9-10,12,22H,7-8,11H2,1H3,(H,19,20)/b21-16+. The van der Waals surface area contributed by atoms with Crippen molar-refractivity contribution in [1.29, 1.82) is 0 Å². The Morgan fingerprint density at radius 2 is 2.09 bits per heavy atom. The molecule has 0 spiro atoms. The number of fused-ring (bicyclic) bond motifs is 1. The Hall–Kier alpha value is -2.36. The van der Waals surface area contributed by atoms with Crippen LogP contribution in [0.4, 0.5) is 0 Å². The number of aromatic nitrogens is 2. The maximum atomic E-state index is 9.30. The Kier molecular flexibility index (Phi) is 2.93. The van der Waals surface area contributed by atoms with E-state index in [1.807, 2.05) is 6.07 Å². The second-order valence-electron chi connectivity index (χ2n) is 6.52. The quantitative estimate of drug-likeness (QED) is 0.516. The first kappa shape index (κ1) is 13.3. The van der Waals surface area contributed by atoms with Gasteiger partial charge in [-0.15, -0.1) is 0 Å². The van der Waals surface area contributed by atoms with Crippen molar-refractivity contribution in [2.24, 2.45) is 11.1 Å². The van der Waals surface area contributed by atoms with Gasteiger partial charge in [-0.05, 0) is 18.4 Å². The maximum Gasteiger partial charge on any atom is 0.117 e. The second kappa shape index (κ2) is 4.83. The summed E-state index contributed by atoms with van der Waals surface area (Å²) in [5.41, 5.74) is 5.00. The number of hydrogen-bond acceptors (Lipinski definition) is 3. The van der Waals surface area contributed by atoms with Crippen molar-refractivity contribution in [2.75, 3.05) is 0 Å². The number of aromatic amines is 1. The number of benzene rings is 1. The van der Waals surface area contributed by atoms with Crippen LogP contribution < -0.4 is 0 Å². The van der Waals surface area contributed by atoms with E-state index in [2.05, 4.69) is 58.7 Å². The molecule has 112 valence electrons. The average Bonchev–Trinajstić information content (AvgIpc) is 3.30. The highest BCUT2D eigenvalue weighted by molar-refractivity contribution is 6.04. The molecule has 0 amide bonds.